The van der Waals surface area contributed by atoms with Gasteiger partial charge in [-0.1, -0.05) is 6.92 Å². The molecule has 10 heteroatoms. The Bertz CT molecular complexity index is 823. The van der Waals surface area contributed by atoms with Crippen LogP contribution in [0.1, 0.15) is 24.2 Å². The van der Waals surface area contributed by atoms with E-state index in [1.807, 2.05) is 0 Å². The summed E-state index contributed by atoms with van der Waals surface area (Å²) in [6.45, 7) is 4.48. The monoisotopic (exact) mass is 416 g/mol. The van der Waals surface area contributed by atoms with Gasteiger partial charge in [0.2, 0.25) is 10.0 Å². The van der Waals surface area contributed by atoms with E-state index in [9.17, 15) is 22.4 Å². The molecule has 1 amide bonds. The summed E-state index contributed by atoms with van der Waals surface area (Å²) >= 11 is 0. The highest BCUT2D eigenvalue weighted by atomic mass is 32.2. The van der Waals surface area contributed by atoms with E-state index in [1.54, 1.807) is 13.8 Å². The Balaban J connectivity index is 2.30. The minimum atomic E-state index is -3.87. The number of hydrogen-bond acceptors (Lipinski definition) is 6. The Labute approximate surface area is 164 Å². The molecular formula is C18H25FN2O6S. The lowest BCUT2D eigenvalue weighted by molar-refractivity contribution is -0.145. The van der Waals surface area contributed by atoms with Crippen LogP contribution in [0.2, 0.25) is 0 Å². The molecule has 1 aliphatic heterocycles. The van der Waals surface area contributed by atoms with Crippen molar-refractivity contribution in [3.8, 4) is 0 Å². The molecule has 0 aliphatic carbocycles. The van der Waals surface area contributed by atoms with Gasteiger partial charge in [0.1, 0.15) is 5.82 Å². The molecule has 0 bridgehead atoms. The molecule has 28 heavy (non-hydrogen) atoms. The van der Waals surface area contributed by atoms with Gasteiger partial charge in [0.15, 0.2) is 0 Å². The average Bonchev–Trinajstić information content (AvgIpc) is 2.71. The van der Waals surface area contributed by atoms with Crippen molar-refractivity contribution in [2.45, 2.75) is 18.7 Å². The van der Waals surface area contributed by atoms with Gasteiger partial charge in [-0.25, -0.2) is 12.8 Å². The van der Waals surface area contributed by atoms with E-state index >= 15 is 0 Å². The van der Waals surface area contributed by atoms with E-state index in [-0.39, 0.29) is 49.9 Å². The molecular weight excluding hydrogens is 391 g/mol. The second kappa shape index (κ2) is 9.44. The number of benzene rings is 1. The molecule has 1 aromatic rings. The number of esters is 1. The van der Waals surface area contributed by atoms with Crippen LogP contribution in [0, 0.1) is 11.7 Å². The molecule has 0 spiro atoms. The Morgan fingerprint density at radius 2 is 1.96 bits per heavy atom. The predicted molar refractivity (Wildman–Crippen MR) is 98.7 cm³/mol. The van der Waals surface area contributed by atoms with E-state index in [0.29, 0.717) is 0 Å². The number of rotatable bonds is 7. The van der Waals surface area contributed by atoms with E-state index in [1.165, 1.54) is 16.3 Å². The summed E-state index contributed by atoms with van der Waals surface area (Å²) in [5.74, 6) is -2.60. The highest BCUT2D eigenvalue weighted by Crippen LogP contribution is 2.21. The lowest BCUT2D eigenvalue weighted by Gasteiger charge is -2.27. The normalized spacial score (nSPS) is 16.4. The zero-order valence-corrected chi connectivity index (χ0v) is 17.0. The molecule has 156 valence electrons. The van der Waals surface area contributed by atoms with Crippen LogP contribution in [-0.4, -0.2) is 76.0 Å². The summed E-state index contributed by atoms with van der Waals surface area (Å²) in [6, 6.07) is 3.16. The standard InChI is InChI=1S/C18H25FN2O6S/c1-4-20(12-13(2)18(23)26-3)17(22)15-11-14(5-6-16(15)19)28(24,25)21-7-9-27-10-8-21/h5-6,11,13H,4,7-10,12H2,1-3H3. The molecule has 0 saturated carbocycles. The average molecular weight is 416 g/mol. The minimum absolute atomic E-state index is 0.0297. The van der Waals surface area contributed by atoms with Gasteiger partial charge < -0.3 is 14.4 Å². The van der Waals surface area contributed by atoms with Crippen LogP contribution >= 0.6 is 0 Å². The van der Waals surface area contributed by atoms with Crippen LogP contribution in [-0.2, 0) is 24.3 Å². The maximum Gasteiger partial charge on any atom is 0.310 e. The number of carbonyl (C=O) groups excluding carboxylic acids is 2. The number of hydrogen-bond donors (Lipinski definition) is 0. The summed E-state index contributed by atoms with van der Waals surface area (Å²) in [4.78, 5) is 25.6. The van der Waals surface area contributed by atoms with E-state index in [2.05, 4.69) is 4.74 Å². The van der Waals surface area contributed by atoms with Gasteiger partial charge in [0.25, 0.3) is 5.91 Å². The molecule has 2 rings (SSSR count). The number of methoxy groups -OCH3 is 1. The highest BCUT2D eigenvalue weighted by Gasteiger charge is 2.29. The molecule has 1 unspecified atom stereocenters. The number of carbonyl (C=O) groups is 2. The molecule has 0 aromatic heterocycles. The Kier molecular flexibility index (Phi) is 7.50. The van der Waals surface area contributed by atoms with Gasteiger partial charge in [-0.3, -0.25) is 9.59 Å². The summed E-state index contributed by atoms with van der Waals surface area (Å²) in [6.07, 6.45) is 0. The van der Waals surface area contributed by atoms with Gasteiger partial charge in [-0.15, -0.1) is 0 Å². The smallest absolute Gasteiger partial charge is 0.310 e. The van der Waals surface area contributed by atoms with Gasteiger partial charge >= 0.3 is 5.97 Å². The van der Waals surface area contributed by atoms with Crippen molar-refractivity contribution in [3.05, 3.63) is 29.6 Å². The van der Waals surface area contributed by atoms with Crippen LogP contribution in [0.4, 0.5) is 4.39 Å². The van der Waals surface area contributed by atoms with Crippen LogP contribution in [0.3, 0.4) is 0 Å². The molecule has 1 aliphatic rings. The summed E-state index contributed by atoms with van der Waals surface area (Å²) in [5, 5.41) is 0. The topological polar surface area (TPSA) is 93.2 Å². The molecule has 1 aromatic carbocycles. The van der Waals surface area contributed by atoms with Gasteiger partial charge in [0, 0.05) is 26.2 Å². The lowest BCUT2D eigenvalue weighted by Crippen LogP contribution is -2.41. The van der Waals surface area contributed by atoms with E-state index in [0.717, 1.165) is 18.2 Å². The fraction of sp³-hybridized carbons (Fsp3) is 0.556. The second-order valence-corrected chi connectivity index (χ2v) is 8.36. The van der Waals surface area contributed by atoms with Gasteiger partial charge in [-0.2, -0.15) is 4.31 Å². The second-order valence-electron chi connectivity index (χ2n) is 6.43. The van der Waals surface area contributed by atoms with Crippen molar-refractivity contribution in [2.75, 3.05) is 46.5 Å². The van der Waals surface area contributed by atoms with E-state index < -0.39 is 33.6 Å². The first-order valence-electron chi connectivity index (χ1n) is 8.96. The minimum Gasteiger partial charge on any atom is -0.469 e. The largest absolute Gasteiger partial charge is 0.469 e. The fourth-order valence-corrected chi connectivity index (χ4v) is 4.33. The Hall–Kier alpha value is -2.04. The molecule has 1 saturated heterocycles. The zero-order chi connectivity index (χ0) is 20.9. The van der Waals surface area contributed by atoms with Crippen molar-refractivity contribution < 1.29 is 31.9 Å². The first-order chi connectivity index (χ1) is 13.2. The molecule has 1 fully saturated rings. The number of morpholine rings is 1. The fourth-order valence-electron chi connectivity index (χ4n) is 2.90. The van der Waals surface area contributed by atoms with Crippen LogP contribution in [0.15, 0.2) is 23.1 Å². The third-order valence-corrected chi connectivity index (χ3v) is 6.44. The summed E-state index contributed by atoms with van der Waals surface area (Å²) in [7, 11) is -2.62. The first kappa shape index (κ1) is 22.3. The van der Waals surface area contributed by atoms with Crippen molar-refractivity contribution >= 4 is 21.9 Å². The Morgan fingerprint density at radius 3 is 2.54 bits per heavy atom. The van der Waals surface area contributed by atoms with Crippen molar-refractivity contribution in [1.29, 1.82) is 0 Å². The lowest BCUT2D eigenvalue weighted by atomic mass is 10.1. The summed E-state index contributed by atoms with van der Waals surface area (Å²) in [5.41, 5.74) is -0.353. The molecule has 0 N–H and O–H groups in total. The SMILES string of the molecule is CCN(CC(C)C(=O)OC)C(=O)c1cc(S(=O)(=O)N2CCOCC2)ccc1F. The van der Waals surface area contributed by atoms with Crippen LogP contribution < -0.4 is 0 Å². The van der Waals surface area contributed by atoms with Crippen molar-refractivity contribution in [3.63, 3.8) is 0 Å². The number of ether oxygens (including phenoxy) is 2. The molecule has 8 nitrogen and oxygen atoms in total. The number of halogens is 1. The van der Waals surface area contributed by atoms with E-state index in [4.69, 9.17) is 4.74 Å². The number of amides is 1. The third-order valence-electron chi connectivity index (χ3n) is 4.54. The predicted octanol–water partition coefficient (Wildman–Crippen LogP) is 1.12. The summed E-state index contributed by atoms with van der Waals surface area (Å²) < 4.78 is 51.0. The van der Waals surface area contributed by atoms with Crippen LogP contribution in [0.25, 0.3) is 0 Å². The van der Waals surface area contributed by atoms with Crippen molar-refractivity contribution in [2.24, 2.45) is 5.92 Å². The molecule has 1 heterocycles. The van der Waals surface area contributed by atoms with Crippen molar-refractivity contribution in [1.82, 2.24) is 9.21 Å². The van der Waals surface area contributed by atoms with Crippen LogP contribution in [0.5, 0.6) is 0 Å². The maximum atomic E-state index is 14.3. The maximum absolute atomic E-state index is 14.3. The molecule has 1 atom stereocenters. The van der Waals surface area contributed by atoms with Gasteiger partial charge in [-0.05, 0) is 25.1 Å². The molecule has 0 radical (unpaired) electrons. The first-order valence-corrected chi connectivity index (χ1v) is 10.4. The third kappa shape index (κ3) is 4.86. The Morgan fingerprint density at radius 1 is 1.32 bits per heavy atom. The quantitative estimate of drug-likeness (QED) is 0.619. The highest BCUT2D eigenvalue weighted by molar-refractivity contribution is 7.89. The number of sulfonamides is 1. The zero-order valence-electron chi connectivity index (χ0n) is 16.2. The van der Waals surface area contributed by atoms with Gasteiger partial charge in [0.05, 0.1) is 36.7 Å². The number of nitrogens with zero attached hydrogens (tertiary/aromatic N) is 2.